The number of hydrogen-bond donors (Lipinski definition) is 1. The van der Waals surface area contributed by atoms with E-state index < -0.39 is 0 Å². The van der Waals surface area contributed by atoms with Crippen molar-refractivity contribution in [2.24, 2.45) is 5.92 Å². The summed E-state index contributed by atoms with van der Waals surface area (Å²) in [4.78, 5) is 2.34. The van der Waals surface area contributed by atoms with Gasteiger partial charge in [-0.1, -0.05) is 36.0 Å². The highest BCUT2D eigenvalue weighted by atomic mass is 35.5. The fraction of sp³-hybridized carbons (Fsp3) is 0.600. The Labute approximate surface area is 141 Å². The van der Waals surface area contributed by atoms with Crippen LogP contribution in [0.2, 0.25) is 10.0 Å². The van der Waals surface area contributed by atoms with Crippen molar-refractivity contribution in [1.29, 1.82) is 0 Å². The van der Waals surface area contributed by atoms with Crippen LogP contribution in [0.3, 0.4) is 0 Å². The molecule has 1 saturated carbocycles. The molecular weight excluding hydrogens is 334 g/mol. The average Bonchev–Trinajstić information content (AvgIpc) is 3.27. The van der Waals surface area contributed by atoms with Gasteiger partial charge in [0.05, 0.1) is 5.02 Å². The zero-order chi connectivity index (χ0) is 14.1. The second kappa shape index (κ2) is 7.47. The van der Waals surface area contributed by atoms with Crippen LogP contribution in [0, 0.1) is 11.7 Å². The third-order valence-electron chi connectivity index (χ3n) is 4.26. The normalized spacial score (nSPS) is 20.9. The molecule has 0 bridgehead atoms. The van der Waals surface area contributed by atoms with Gasteiger partial charge in [0.25, 0.3) is 0 Å². The molecule has 0 spiro atoms. The van der Waals surface area contributed by atoms with E-state index in [1.807, 2.05) is 0 Å². The van der Waals surface area contributed by atoms with Crippen molar-refractivity contribution >= 4 is 35.6 Å². The Bertz CT molecular complexity index is 488. The first-order valence-corrected chi connectivity index (χ1v) is 8.00. The van der Waals surface area contributed by atoms with Crippen LogP contribution in [0.1, 0.15) is 30.9 Å². The first-order chi connectivity index (χ1) is 9.66. The Hall–Kier alpha value is -0.0600. The minimum Gasteiger partial charge on any atom is -0.314 e. The molecule has 0 aromatic heterocycles. The lowest BCUT2D eigenvalue weighted by atomic mass is 9.98. The van der Waals surface area contributed by atoms with Crippen LogP contribution in [0.5, 0.6) is 0 Å². The van der Waals surface area contributed by atoms with Crippen LogP contribution in [-0.4, -0.2) is 31.1 Å². The van der Waals surface area contributed by atoms with Crippen molar-refractivity contribution in [2.45, 2.75) is 25.3 Å². The lowest BCUT2D eigenvalue weighted by molar-refractivity contribution is 0.157. The van der Waals surface area contributed by atoms with E-state index in [4.69, 9.17) is 23.2 Å². The number of benzene rings is 1. The van der Waals surface area contributed by atoms with Gasteiger partial charge in [0.2, 0.25) is 0 Å². The molecule has 118 valence electrons. The molecule has 1 saturated heterocycles. The van der Waals surface area contributed by atoms with Crippen LogP contribution < -0.4 is 5.32 Å². The topological polar surface area (TPSA) is 15.3 Å². The second-order valence-electron chi connectivity index (χ2n) is 5.74. The fourth-order valence-corrected chi connectivity index (χ4v) is 3.40. The maximum Gasteiger partial charge on any atom is 0.148 e. The van der Waals surface area contributed by atoms with Crippen LogP contribution >= 0.6 is 35.6 Å². The minimum atomic E-state index is -0.344. The van der Waals surface area contributed by atoms with Gasteiger partial charge < -0.3 is 5.32 Å². The van der Waals surface area contributed by atoms with E-state index in [2.05, 4.69) is 10.2 Å². The van der Waals surface area contributed by atoms with Crippen LogP contribution in [0.4, 0.5) is 4.39 Å². The SMILES string of the molecule is Cl.Fc1c(Cl)ccc(Cl)c1[C@H](CC1CC1)N1CCNCC1. The van der Waals surface area contributed by atoms with E-state index in [9.17, 15) is 4.39 Å². The van der Waals surface area contributed by atoms with E-state index in [1.165, 1.54) is 18.9 Å². The number of halogens is 4. The smallest absolute Gasteiger partial charge is 0.148 e. The lowest BCUT2D eigenvalue weighted by Crippen LogP contribution is -2.45. The van der Waals surface area contributed by atoms with Gasteiger partial charge in [-0.2, -0.15) is 0 Å². The third kappa shape index (κ3) is 4.02. The molecule has 1 heterocycles. The van der Waals surface area contributed by atoms with Crippen molar-refractivity contribution < 1.29 is 4.39 Å². The van der Waals surface area contributed by atoms with Crippen LogP contribution in [0.25, 0.3) is 0 Å². The van der Waals surface area contributed by atoms with Crippen molar-refractivity contribution in [1.82, 2.24) is 10.2 Å². The van der Waals surface area contributed by atoms with Gasteiger partial charge in [0.15, 0.2) is 0 Å². The highest BCUT2D eigenvalue weighted by molar-refractivity contribution is 6.33. The van der Waals surface area contributed by atoms with Crippen molar-refractivity contribution in [3.05, 3.63) is 33.6 Å². The zero-order valence-corrected chi connectivity index (χ0v) is 14.1. The Morgan fingerprint density at radius 2 is 1.81 bits per heavy atom. The summed E-state index contributed by atoms with van der Waals surface area (Å²) >= 11 is 12.2. The first kappa shape index (κ1) is 17.3. The highest BCUT2D eigenvalue weighted by Gasteiger charge is 2.33. The van der Waals surface area contributed by atoms with E-state index in [-0.39, 0.29) is 29.3 Å². The molecule has 1 N–H and O–H groups in total. The molecule has 1 aliphatic heterocycles. The number of rotatable bonds is 4. The van der Waals surface area contributed by atoms with Crippen molar-refractivity contribution in [3.63, 3.8) is 0 Å². The first-order valence-electron chi connectivity index (χ1n) is 7.25. The van der Waals surface area contributed by atoms with E-state index in [0.29, 0.717) is 16.5 Å². The Balaban J connectivity index is 0.00000161. The molecule has 0 unspecified atom stereocenters. The molecule has 2 fully saturated rings. The van der Waals surface area contributed by atoms with Gasteiger partial charge in [0.1, 0.15) is 5.82 Å². The number of piperazine rings is 1. The van der Waals surface area contributed by atoms with Gasteiger partial charge in [-0.15, -0.1) is 12.4 Å². The molecule has 3 rings (SSSR count). The third-order valence-corrected chi connectivity index (χ3v) is 4.88. The second-order valence-corrected chi connectivity index (χ2v) is 6.55. The highest BCUT2D eigenvalue weighted by Crippen LogP contribution is 2.43. The Morgan fingerprint density at radius 3 is 2.43 bits per heavy atom. The van der Waals surface area contributed by atoms with Gasteiger partial charge in [0, 0.05) is 42.8 Å². The molecule has 2 nitrogen and oxygen atoms in total. The zero-order valence-electron chi connectivity index (χ0n) is 11.7. The van der Waals surface area contributed by atoms with E-state index in [0.717, 1.165) is 32.6 Å². The maximum atomic E-state index is 14.5. The number of nitrogens with zero attached hydrogens (tertiary/aromatic N) is 1. The average molecular weight is 354 g/mol. The maximum absolute atomic E-state index is 14.5. The Kier molecular flexibility index (Phi) is 6.15. The van der Waals surface area contributed by atoms with E-state index >= 15 is 0 Å². The standard InChI is InChI=1S/C15H19Cl2FN2.ClH/c16-11-3-4-12(17)15(18)14(11)13(9-10-1-2-10)20-7-5-19-6-8-20;/h3-4,10,13,19H,1-2,5-9H2;1H/t13-;/m0./s1. The summed E-state index contributed by atoms with van der Waals surface area (Å²) in [6, 6.07) is 3.30. The molecule has 0 amide bonds. The van der Waals surface area contributed by atoms with Crippen LogP contribution in [-0.2, 0) is 0 Å². The summed E-state index contributed by atoms with van der Waals surface area (Å²) in [5.41, 5.74) is 0.591. The van der Waals surface area contributed by atoms with Gasteiger partial charge in [-0.3, -0.25) is 4.90 Å². The molecule has 1 atom stereocenters. The summed E-state index contributed by atoms with van der Waals surface area (Å²) in [7, 11) is 0. The van der Waals surface area contributed by atoms with E-state index in [1.54, 1.807) is 6.07 Å². The molecule has 1 aromatic carbocycles. The number of hydrogen-bond acceptors (Lipinski definition) is 2. The van der Waals surface area contributed by atoms with Crippen LogP contribution in [0.15, 0.2) is 12.1 Å². The molecule has 6 heteroatoms. The number of nitrogens with one attached hydrogen (secondary N) is 1. The van der Waals surface area contributed by atoms with Gasteiger partial charge in [-0.25, -0.2) is 4.39 Å². The molecule has 1 aromatic rings. The molecule has 21 heavy (non-hydrogen) atoms. The predicted octanol–water partition coefficient (Wildman–Crippen LogP) is 4.30. The summed E-state index contributed by atoms with van der Waals surface area (Å²) in [6.07, 6.45) is 3.49. The Morgan fingerprint density at radius 1 is 1.19 bits per heavy atom. The minimum absolute atomic E-state index is 0. The monoisotopic (exact) mass is 352 g/mol. The lowest BCUT2D eigenvalue weighted by Gasteiger charge is -2.36. The van der Waals surface area contributed by atoms with Crippen molar-refractivity contribution in [3.8, 4) is 0 Å². The molecule has 0 radical (unpaired) electrons. The molecular formula is C15H20Cl3FN2. The summed E-state index contributed by atoms with van der Waals surface area (Å²) in [5.74, 6) is 0.368. The van der Waals surface area contributed by atoms with Gasteiger partial charge >= 0.3 is 0 Å². The molecule has 1 aliphatic carbocycles. The van der Waals surface area contributed by atoms with Crippen molar-refractivity contribution in [2.75, 3.05) is 26.2 Å². The predicted molar refractivity (Wildman–Crippen MR) is 88.2 cm³/mol. The summed E-state index contributed by atoms with van der Waals surface area (Å²) in [5, 5.41) is 4.00. The molecule has 2 aliphatic rings. The van der Waals surface area contributed by atoms with Gasteiger partial charge in [-0.05, 0) is 24.5 Å². The largest absolute Gasteiger partial charge is 0.314 e. The quantitative estimate of drug-likeness (QED) is 0.812. The summed E-state index contributed by atoms with van der Waals surface area (Å²) in [6.45, 7) is 3.75. The summed E-state index contributed by atoms with van der Waals surface area (Å²) < 4.78 is 14.5. The fourth-order valence-electron chi connectivity index (χ4n) is 2.96.